The highest BCUT2D eigenvalue weighted by atomic mass is 32.1. The summed E-state index contributed by atoms with van der Waals surface area (Å²) in [6.07, 6.45) is 6.85. The number of nitrogens with zero attached hydrogens (tertiary/aromatic N) is 1. The Morgan fingerprint density at radius 2 is 2.57 bits per heavy atom. The first-order valence-electron chi connectivity index (χ1n) is 5.21. The van der Waals surface area contributed by atoms with Crippen LogP contribution in [0.5, 0.6) is 5.19 Å². The van der Waals surface area contributed by atoms with Crippen LogP contribution in [0.2, 0.25) is 0 Å². The maximum Gasteiger partial charge on any atom is 0.273 e. The smallest absolute Gasteiger partial charge is 0.273 e. The van der Waals surface area contributed by atoms with Crippen LogP contribution in [0.25, 0.3) is 0 Å². The highest BCUT2D eigenvalue weighted by molar-refractivity contribution is 7.11. The van der Waals surface area contributed by atoms with E-state index in [1.54, 1.807) is 17.5 Å². The zero-order chi connectivity index (χ0) is 9.64. The quantitative estimate of drug-likeness (QED) is 0.829. The van der Waals surface area contributed by atoms with Crippen LogP contribution in [0, 0.1) is 0 Å². The van der Waals surface area contributed by atoms with Crippen LogP contribution in [-0.4, -0.2) is 24.2 Å². The predicted molar refractivity (Wildman–Crippen MR) is 57.9 cm³/mol. The molecular weight excluding hydrogens is 196 g/mol. The molecular formula is C10H16N2OS. The van der Waals surface area contributed by atoms with Crippen LogP contribution in [0.1, 0.15) is 25.7 Å². The van der Waals surface area contributed by atoms with Gasteiger partial charge in [0.2, 0.25) is 0 Å². The molecule has 1 aliphatic heterocycles. The van der Waals surface area contributed by atoms with Gasteiger partial charge >= 0.3 is 0 Å². The molecule has 0 amide bonds. The Bertz CT molecular complexity index is 245. The minimum absolute atomic E-state index is 0.656. The van der Waals surface area contributed by atoms with Gasteiger partial charge in [0.1, 0.15) is 0 Å². The topological polar surface area (TPSA) is 34.1 Å². The van der Waals surface area contributed by atoms with Crippen molar-refractivity contribution in [3.05, 3.63) is 11.6 Å². The second kappa shape index (κ2) is 5.32. The van der Waals surface area contributed by atoms with E-state index in [0.717, 1.165) is 18.2 Å². The van der Waals surface area contributed by atoms with E-state index in [4.69, 9.17) is 4.74 Å². The van der Waals surface area contributed by atoms with Crippen molar-refractivity contribution in [3.63, 3.8) is 0 Å². The van der Waals surface area contributed by atoms with Gasteiger partial charge < -0.3 is 10.1 Å². The zero-order valence-corrected chi connectivity index (χ0v) is 9.05. The molecule has 0 bridgehead atoms. The van der Waals surface area contributed by atoms with Gasteiger partial charge in [-0.05, 0) is 25.8 Å². The lowest BCUT2D eigenvalue weighted by Gasteiger charge is -2.22. The molecule has 1 fully saturated rings. The molecule has 78 valence electrons. The maximum atomic E-state index is 5.52. The van der Waals surface area contributed by atoms with E-state index in [0.29, 0.717) is 6.04 Å². The lowest BCUT2D eigenvalue weighted by molar-refractivity contribution is 0.267. The van der Waals surface area contributed by atoms with Crippen molar-refractivity contribution < 1.29 is 4.74 Å². The number of nitrogens with one attached hydrogen (secondary N) is 1. The summed E-state index contributed by atoms with van der Waals surface area (Å²) in [5, 5.41) is 6.23. The van der Waals surface area contributed by atoms with Gasteiger partial charge in [0.05, 0.1) is 6.61 Å². The number of hydrogen-bond acceptors (Lipinski definition) is 4. The average Bonchev–Trinajstić information content (AvgIpc) is 2.72. The van der Waals surface area contributed by atoms with E-state index in [9.17, 15) is 0 Å². The Hall–Kier alpha value is -0.610. The maximum absolute atomic E-state index is 5.52. The van der Waals surface area contributed by atoms with Gasteiger partial charge in [-0.1, -0.05) is 17.8 Å². The van der Waals surface area contributed by atoms with Gasteiger partial charge in [0.15, 0.2) is 0 Å². The molecule has 0 spiro atoms. The van der Waals surface area contributed by atoms with Crippen LogP contribution in [0.15, 0.2) is 11.6 Å². The summed E-state index contributed by atoms with van der Waals surface area (Å²) in [5.74, 6) is 0. The fourth-order valence-corrected chi connectivity index (χ4v) is 2.25. The second-order valence-corrected chi connectivity index (χ2v) is 4.44. The minimum Gasteiger partial charge on any atom is -0.470 e. The molecule has 0 radical (unpaired) electrons. The van der Waals surface area contributed by atoms with Crippen molar-refractivity contribution in [2.75, 3.05) is 13.2 Å². The molecule has 1 atom stereocenters. The first kappa shape index (κ1) is 9.93. The van der Waals surface area contributed by atoms with Gasteiger partial charge in [-0.15, -0.1) is 0 Å². The Morgan fingerprint density at radius 3 is 3.29 bits per heavy atom. The van der Waals surface area contributed by atoms with Crippen LogP contribution >= 0.6 is 11.3 Å². The molecule has 1 aromatic rings. The predicted octanol–water partition coefficient (Wildman–Crippen LogP) is 2.05. The van der Waals surface area contributed by atoms with Gasteiger partial charge in [0.25, 0.3) is 5.19 Å². The minimum atomic E-state index is 0.656. The van der Waals surface area contributed by atoms with Crippen LogP contribution in [-0.2, 0) is 0 Å². The lowest BCUT2D eigenvalue weighted by atomic mass is 10.0. The molecule has 0 aromatic carbocycles. The highest BCUT2D eigenvalue weighted by Crippen LogP contribution is 2.15. The fraction of sp³-hybridized carbons (Fsp3) is 0.700. The van der Waals surface area contributed by atoms with E-state index in [1.807, 2.05) is 5.38 Å². The van der Waals surface area contributed by atoms with Crippen molar-refractivity contribution in [1.29, 1.82) is 0 Å². The van der Waals surface area contributed by atoms with E-state index < -0.39 is 0 Å². The molecule has 1 aromatic heterocycles. The van der Waals surface area contributed by atoms with Gasteiger partial charge in [-0.2, -0.15) is 0 Å². The highest BCUT2D eigenvalue weighted by Gasteiger charge is 2.12. The monoisotopic (exact) mass is 212 g/mol. The molecule has 2 rings (SSSR count). The standard InChI is InChI=1S/C10H16N2OS/c1-2-5-11-9(3-1)4-7-13-10-12-6-8-14-10/h6,8-9,11H,1-5,7H2. The van der Waals surface area contributed by atoms with Gasteiger partial charge in [-0.3, -0.25) is 0 Å². The number of ether oxygens (including phenoxy) is 1. The first-order valence-corrected chi connectivity index (χ1v) is 6.09. The van der Waals surface area contributed by atoms with Gasteiger partial charge in [0, 0.05) is 17.6 Å². The Kier molecular flexibility index (Phi) is 3.77. The second-order valence-electron chi connectivity index (χ2n) is 3.58. The van der Waals surface area contributed by atoms with Gasteiger partial charge in [-0.25, -0.2) is 4.98 Å². The Labute approximate surface area is 88.5 Å². The number of thiazole rings is 1. The number of piperidine rings is 1. The molecule has 1 aliphatic rings. The summed E-state index contributed by atoms with van der Waals surface area (Å²) in [6, 6.07) is 0.656. The summed E-state index contributed by atoms with van der Waals surface area (Å²) in [7, 11) is 0. The van der Waals surface area contributed by atoms with E-state index in [2.05, 4.69) is 10.3 Å². The van der Waals surface area contributed by atoms with Crippen molar-refractivity contribution >= 4 is 11.3 Å². The molecule has 0 aliphatic carbocycles. The van der Waals surface area contributed by atoms with Crippen LogP contribution in [0.4, 0.5) is 0 Å². The molecule has 0 saturated carbocycles. The molecule has 3 nitrogen and oxygen atoms in total. The molecule has 4 heteroatoms. The van der Waals surface area contributed by atoms with Crippen molar-refractivity contribution in [2.45, 2.75) is 31.7 Å². The number of rotatable bonds is 4. The average molecular weight is 212 g/mol. The molecule has 1 unspecified atom stereocenters. The summed E-state index contributed by atoms with van der Waals surface area (Å²) < 4.78 is 5.52. The Balaban J connectivity index is 1.62. The van der Waals surface area contributed by atoms with E-state index in [1.165, 1.54) is 25.8 Å². The SMILES string of the molecule is c1csc(OCCC2CCCCN2)n1. The summed E-state index contributed by atoms with van der Waals surface area (Å²) in [4.78, 5) is 4.07. The third-order valence-electron chi connectivity index (χ3n) is 2.51. The normalized spacial score (nSPS) is 22.1. The largest absolute Gasteiger partial charge is 0.470 e. The molecule has 2 heterocycles. The zero-order valence-electron chi connectivity index (χ0n) is 8.24. The Morgan fingerprint density at radius 1 is 1.57 bits per heavy atom. The van der Waals surface area contributed by atoms with E-state index >= 15 is 0 Å². The fourth-order valence-electron chi connectivity index (χ4n) is 1.74. The molecule has 1 N–H and O–H groups in total. The van der Waals surface area contributed by atoms with E-state index in [-0.39, 0.29) is 0 Å². The summed E-state index contributed by atoms with van der Waals surface area (Å²) in [5.41, 5.74) is 0. The third-order valence-corrected chi connectivity index (χ3v) is 3.20. The van der Waals surface area contributed by atoms with Crippen molar-refractivity contribution in [1.82, 2.24) is 10.3 Å². The lowest BCUT2D eigenvalue weighted by Crippen LogP contribution is -2.35. The number of aromatic nitrogens is 1. The molecule has 14 heavy (non-hydrogen) atoms. The summed E-state index contributed by atoms with van der Waals surface area (Å²) >= 11 is 1.56. The van der Waals surface area contributed by atoms with Crippen molar-refractivity contribution in [3.8, 4) is 5.19 Å². The number of hydrogen-bond donors (Lipinski definition) is 1. The first-order chi connectivity index (χ1) is 6.95. The summed E-state index contributed by atoms with van der Waals surface area (Å²) in [6.45, 7) is 1.95. The van der Waals surface area contributed by atoms with Crippen molar-refractivity contribution in [2.24, 2.45) is 0 Å². The van der Waals surface area contributed by atoms with Crippen LogP contribution < -0.4 is 10.1 Å². The van der Waals surface area contributed by atoms with Crippen LogP contribution in [0.3, 0.4) is 0 Å². The molecule has 1 saturated heterocycles. The third kappa shape index (κ3) is 2.96.